The lowest BCUT2D eigenvalue weighted by Crippen LogP contribution is -2.19. The maximum Gasteiger partial charge on any atom is 0.185 e. The predicted molar refractivity (Wildman–Crippen MR) is 74.9 cm³/mol. The molecule has 0 aliphatic rings. The van der Waals surface area contributed by atoms with E-state index in [0.717, 1.165) is 11.8 Å². The molecule has 0 saturated heterocycles. The molecule has 0 aromatic heterocycles. The van der Waals surface area contributed by atoms with E-state index in [2.05, 4.69) is 0 Å². The van der Waals surface area contributed by atoms with Crippen molar-refractivity contribution < 1.29 is 15.0 Å². The molecule has 4 nitrogen and oxygen atoms in total. The molecule has 0 amide bonds. The van der Waals surface area contributed by atoms with Crippen LogP contribution in [0.1, 0.15) is 30.6 Å². The molecular formula is C13H14ClNO3S. The highest BCUT2D eigenvalue weighted by molar-refractivity contribution is 8.13. The number of hydrogen-bond acceptors (Lipinski definition) is 5. The van der Waals surface area contributed by atoms with E-state index in [1.165, 1.54) is 25.1 Å². The first-order valence-electron chi connectivity index (χ1n) is 5.64. The van der Waals surface area contributed by atoms with Crippen molar-refractivity contribution in [2.75, 3.05) is 5.75 Å². The molecule has 2 unspecified atom stereocenters. The fraction of sp³-hybridized carbons (Fsp3) is 0.385. The summed E-state index contributed by atoms with van der Waals surface area (Å²) in [5.41, 5.74) is 0.767. The molecule has 102 valence electrons. The minimum absolute atomic E-state index is 0.0295. The van der Waals surface area contributed by atoms with E-state index in [9.17, 15) is 15.0 Å². The van der Waals surface area contributed by atoms with Crippen molar-refractivity contribution in [3.05, 3.63) is 34.3 Å². The van der Waals surface area contributed by atoms with Crippen LogP contribution in [0.3, 0.4) is 0 Å². The average Bonchev–Trinajstić information content (AvgIpc) is 2.37. The van der Waals surface area contributed by atoms with Gasteiger partial charge in [-0.2, -0.15) is 5.26 Å². The zero-order valence-corrected chi connectivity index (χ0v) is 11.9. The zero-order chi connectivity index (χ0) is 14.4. The molecule has 1 aromatic carbocycles. The van der Waals surface area contributed by atoms with Crippen molar-refractivity contribution in [1.82, 2.24) is 0 Å². The quantitative estimate of drug-likeness (QED) is 0.871. The minimum atomic E-state index is -1.13. The summed E-state index contributed by atoms with van der Waals surface area (Å²) in [5.74, 6) is 0.432. The number of thioether (sulfide) groups is 1. The Morgan fingerprint density at radius 1 is 1.53 bits per heavy atom. The van der Waals surface area contributed by atoms with E-state index in [4.69, 9.17) is 16.9 Å². The molecule has 19 heavy (non-hydrogen) atoms. The summed E-state index contributed by atoms with van der Waals surface area (Å²) in [6.07, 6.45) is -1.85. The van der Waals surface area contributed by atoms with Gasteiger partial charge in [-0.05, 0) is 18.6 Å². The van der Waals surface area contributed by atoms with Crippen molar-refractivity contribution in [3.8, 4) is 6.07 Å². The van der Waals surface area contributed by atoms with Crippen molar-refractivity contribution in [1.29, 1.82) is 5.26 Å². The number of carbonyl (C=O) groups excluding carboxylic acids is 1. The average molecular weight is 300 g/mol. The third-order valence-electron chi connectivity index (χ3n) is 2.53. The number of benzene rings is 1. The first kappa shape index (κ1) is 16.0. The van der Waals surface area contributed by atoms with Crippen LogP contribution in [0.5, 0.6) is 0 Å². The number of halogens is 1. The van der Waals surface area contributed by atoms with Crippen LogP contribution in [0, 0.1) is 11.3 Å². The van der Waals surface area contributed by atoms with Gasteiger partial charge in [-0.15, -0.1) is 0 Å². The van der Waals surface area contributed by atoms with Crippen LogP contribution < -0.4 is 0 Å². The number of aliphatic hydroxyl groups excluding tert-OH is 2. The first-order chi connectivity index (χ1) is 8.95. The van der Waals surface area contributed by atoms with E-state index in [1.807, 2.05) is 6.07 Å². The zero-order valence-electron chi connectivity index (χ0n) is 10.3. The summed E-state index contributed by atoms with van der Waals surface area (Å²) < 4.78 is 0. The topological polar surface area (TPSA) is 81.3 Å². The normalized spacial score (nSPS) is 13.6. The molecule has 0 fully saturated rings. The highest BCUT2D eigenvalue weighted by Crippen LogP contribution is 2.27. The van der Waals surface area contributed by atoms with Gasteiger partial charge in [0.2, 0.25) is 0 Å². The monoisotopic (exact) mass is 299 g/mol. The SMILES string of the molecule is CC(=O)SCCC(O)C(O)c1ccc(C#N)cc1Cl. The Hall–Kier alpha value is -1.06. The molecule has 0 radical (unpaired) electrons. The Bertz CT molecular complexity index is 501. The van der Waals surface area contributed by atoms with Gasteiger partial charge in [-0.1, -0.05) is 29.4 Å². The lowest BCUT2D eigenvalue weighted by Gasteiger charge is -2.19. The first-order valence-corrected chi connectivity index (χ1v) is 7.01. The van der Waals surface area contributed by atoms with Crippen LogP contribution in [-0.2, 0) is 4.79 Å². The van der Waals surface area contributed by atoms with Gasteiger partial charge in [0.1, 0.15) is 6.10 Å². The van der Waals surface area contributed by atoms with Crippen molar-refractivity contribution >= 4 is 28.5 Å². The summed E-state index contributed by atoms with van der Waals surface area (Å²) in [6, 6.07) is 6.43. The highest BCUT2D eigenvalue weighted by Gasteiger charge is 2.20. The molecule has 0 heterocycles. The maximum atomic E-state index is 10.8. The lowest BCUT2D eigenvalue weighted by molar-refractivity contribution is -0.109. The largest absolute Gasteiger partial charge is 0.390 e. The number of nitrogens with zero attached hydrogens (tertiary/aromatic N) is 1. The maximum absolute atomic E-state index is 10.8. The number of rotatable bonds is 5. The molecule has 2 atom stereocenters. The van der Waals surface area contributed by atoms with Crippen LogP contribution in [0.4, 0.5) is 0 Å². The third kappa shape index (κ3) is 4.84. The van der Waals surface area contributed by atoms with E-state index in [-0.39, 0.29) is 16.6 Å². The van der Waals surface area contributed by atoms with Gasteiger partial charge in [0.25, 0.3) is 0 Å². The highest BCUT2D eigenvalue weighted by atomic mass is 35.5. The van der Waals surface area contributed by atoms with Crippen LogP contribution in [-0.4, -0.2) is 27.2 Å². The Morgan fingerprint density at radius 3 is 2.74 bits per heavy atom. The van der Waals surface area contributed by atoms with Crippen molar-refractivity contribution in [2.24, 2.45) is 0 Å². The molecular weight excluding hydrogens is 286 g/mol. The van der Waals surface area contributed by atoms with Gasteiger partial charge in [0, 0.05) is 23.3 Å². The van der Waals surface area contributed by atoms with Crippen molar-refractivity contribution in [2.45, 2.75) is 25.6 Å². The molecule has 1 rings (SSSR count). The van der Waals surface area contributed by atoms with Gasteiger partial charge < -0.3 is 10.2 Å². The van der Waals surface area contributed by atoms with Gasteiger partial charge in [-0.25, -0.2) is 0 Å². The second-order valence-corrected chi connectivity index (χ2v) is 5.67. The second kappa shape index (κ2) is 7.51. The van der Waals surface area contributed by atoms with Gasteiger partial charge >= 0.3 is 0 Å². The fourth-order valence-corrected chi connectivity index (χ4v) is 2.46. The third-order valence-corrected chi connectivity index (χ3v) is 3.71. The number of nitriles is 1. The Balaban J connectivity index is 2.69. The fourth-order valence-electron chi connectivity index (χ4n) is 1.53. The Labute approximate surface area is 121 Å². The minimum Gasteiger partial charge on any atom is -0.390 e. The molecule has 0 saturated carbocycles. The molecule has 0 spiro atoms. The van der Waals surface area contributed by atoms with Crippen LogP contribution in [0.15, 0.2) is 18.2 Å². The lowest BCUT2D eigenvalue weighted by atomic mass is 10.0. The number of hydrogen-bond donors (Lipinski definition) is 2. The summed E-state index contributed by atoms with van der Waals surface area (Å²) in [6.45, 7) is 1.45. The Morgan fingerprint density at radius 2 is 2.21 bits per heavy atom. The van der Waals surface area contributed by atoms with Gasteiger partial charge in [0.05, 0.1) is 17.7 Å². The standard InChI is InChI=1S/C13H14ClNO3S/c1-8(16)19-5-4-12(17)13(18)10-3-2-9(7-15)6-11(10)14/h2-3,6,12-13,17-18H,4-5H2,1H3. The molecule has 2 N–H and O–H groups in total. The van der Waals surface area contributed by atoms with E-state index in [1.54, 1.807) is 0 Å². The van der Waals surface area contributed by atoms with Gasteiger partial charge in [-0.3, -0.25) is 4.79 Å². The van der Waals surface area contributed by atoms with E-state index < -0.39 is 12.2 Å². The molecule has 0 bridgehead atoms. The van der Waals surface area contributed by atoms with Gasteiger partial charge in [0.15, 0.2) is 5.12 Å². The van der Waals surface area contributed by atoms with Crippen LogP contribution in [0.2, 0.25) is 5.02 Å². The molecule has 1 aromatic rings. The van der Waals surface area contributed by atoms with Crippen LogP contribution >= 0.6 is 23.4 Å². The van der Waals surface area contributed by atoms with E-state index in [0.29, 0.717) is 16.9 Å². The summed E-state index contributed by atoms with van der Waals surface area (Å²) in [4.78, 5) is 10.8. The second-order valence-electron chi connectivity index (χ2n) is 3.99. The smallest absolute Gasteiger partial charge is 0.185 e. The molecule has 6 heteroatoms. The predicted octanol–water partition coefficient (Wildman–Crippen LogP) is 2.28. The Kier molecular flexibility index (Phi) is 6.32. The van der Waals surface area contributed by atoms with E-state index >= 15 is 0 Å². The summed E-state index contributed by atoms with van der Waals surface area (Å²) >= 11 is 7.05. The van der Waals surface area contributed by atoms with Crippen LogP contribution in [0.25, 0.3) is 0 Å². The van der Waals surface area contributed by atoms with Crippen molar-refractivity contribution in [3.63, 3.8) is 0 Å². The molecule has 0 aliphatic carbocycles. The molecule has 0 aliphatic heterocycles. The summed E-state index contributed by atoms with van der Waals surface area (Å²) in [5, 5.41) is 28.7. The summed E-state index contributed by atoms with van der Waals surface area (Å²) in [7, 11) is 0. The number of aliphatic hydroxyl groups is 2. The number of carbonyl (C=O) groups is 1.